The number of amides is 2. The second-order valence-electron chi connectivity index (χ2n) is 5.83. The van der Waals surface area contributed by atoms with Crippen molar-refractivity contribution in [3.05, 3.63) is 30.3 Å². The smallest absolute Gasteiger partial charge is 0.430 e. The van der Waals surface area contributed by atoms with Gasteiger partial charge in [-0.2, -0.15) is 5.10 Å². The van der Waals surface area contributed by atoms with Gasteiger partial charge in [0.1, 0.15) is 5.60 Å². The predicted octanol–water partition coefficient (Wildman–Crippen LogP) is 2.44. The van der Waals surface area contributed by atoms with Gasteiger partial charge in [0.25, 0.3) is 5.91 Å². The molecule has 0 bridgehead atoms. The summed E-state index contributed by atoms with van der Waals surface area (Å²) in [4.78, 5) is 35.7. The SMILES string of the molecule is CC(=O)/C(=N\N(C)C(=O)OC(C)(C)C)C(=O)Nc1ccccc1. The number of benzene rings is 1. The number of hydrogen-bond donors (Lipinski definition) is 1. The van der Waals surface area contributed by atoms with Crippen molar-refractivity contribution in [2.75, 3.05) is 12.4 Å². The number of rotatable bonds is 4. The predicted molar refractivity (Wildman–Crippen MR) is 87.2 cm³/mol. The zero-order valence-corrected chi connectivity index (χ0v) is 13.9. The molecule has 0 heterocycles. The Balaban J connectivity index is 2.90. The fraction of sp³-hybridized carbons (Fsp3) is 0.375. The second kappa shape index (κ2) is 7.53. The third kappa shape index (κ3) is 6.29. The van der Waals surface area contributed by atoms with Gasteiger partial charge in [-0.3, -0.25) is 9.59 Å². The van der Waals surface area contributed by atoms with E-state index in [1.807, 2.05) is 0 Å². The van der Waals surface area contributed by atoms with Crippen molar-refractivity contribution in [1.29, 1.82) is 0 Å². The average molecular weight is 319 g/mol. The number of Topliss-reactive ketones (excluding diaryl/α,β-unsaturated/α-hetero) is 1. The molecule has 0 unspecified atom stereocenters. The summed E-state index contributed by atoms with van der Waals surface area (Å²) >= 11 is 0. The number of carbonyl (C=O) groups excluding carboxylic acids is 3. The Morgan fingerprint density at radius 3 is 2.17 bits per heavy atom. The molecule has 0 aromatic heterocycles. The van der Waals surface area contributed by atoms with Gasteiger partial charge in [-0.15, -0.1) is 0 Å². The van der Waals surface area contributed by atoms with E-state index in [1.54, 1.807) is 51.1 Å². The van der Waals surface area contributed by atoms with Crippen molar-refractivity contribution in [2.45, 2.75) is 33.3 Å². The molecule has 0 aliphatic rings. The van der Waals surface area contributed by atoms with Gasteiger partial charge in [0.15, 0.2) is 11.5 Å². The molecule has 0 atom stereocenters. The molecular weight excluding hydrogens is 298 g/mol. The summed E-state index contributed by atoms with van der Waals surface area (Å²) in [6, 6.07) is 8.63. The van der Waals surface area contributed by atoms with Crippen molar-refractivity contribution in [3.8, 4) is 0 Å². The van der Waals surface area contributed by atoms with Gasteiger partial charge >= 0.3 is 6.09 Å². The minimum atomic E-state index is -0.760. The molecule has 1 aromatic rings. The van der Waals surface area contributed by atoms with E-state index in [-0.39, 0.29) is 5.71 Å². The largest absolute Gasteiger partial charge is 0.442 e. The van der Waals surface area contributed by atoms with Crippen LogP contribution in [-0.2, 0) is 14.3 Å². The monoisotopic (exact) mass is 319 g/mol. The fourth-order valence-electron chi connectivity index (χ4n) is 1.51. The summed E-state index contributed by atoms with van der Waals surface area (Å²) < 4.78 is 5.12. The van der Waals surface area contributed by atoms with Crippen LogP contribution < -0.4 is 5.32 Å². The molecule has 7 heteroatoms. The highest BCUT2D eigenvalue weighted by Gasteiger charge is 2.23. The van der Waals surface area contributed by atoms with Crippen LogP contribution in [0.5, 0.6) is 0 Å². The molecule has 1 rings (SSSR count). The quantitative estimate of drug-likeness (QED) is 0.524. The Morgan fingerprint density at radius 1 is 1.13 bits per heavy atom. The van der Waals surface area contributed by atoms with E-state index in [1.165, 1.54) is 14.0 Å². The molecule has 0 spiro atoms. The summed E-state index contributed by atoms with van der Waals surface area (Å²) in [6.45, 7) is 6.32. The van der Waals surface area contributed by atoms with Gasteiger partial charge in [-0.05, 0) is 32.9 Å². The Morgan fingerprint density at radius 2 is 1.70 bits per heavy atom. The number of nitrogens with one attached hydrogen (secondary N) is 1. The van der Waals surface area contributed by atoms with Crippen LogP contribution in [0.2, 0.25) is 0 Å². The van der Waals surface area contributed by atoms with E-state index in [2.05, 4.69) is 10.4 Å². The number of ether oxygens (including phenoxy) is 1. The molecule has 0 fully saturated rings. The Labute approximate surface area is 135 Å². The Hall–Kier alpha value is -2.70. The van der Waals surface area contributed by atoms with Gasteiger partial charge in [0.05, 0.1) is 0 Å². The maximum Gasteiger partial charge on any atom is 0.430 e. The van der Waals surface area contributed by atoms with Crippen LogP contribution in [0.4, 0.5) is 10.5 Å². The summed E-state index contributed by atoms with van der Waals surface area (Å²) in [5, 5.41) is 7.14. The van der Waals surface area contributed by atoms with Crippen LogP contribution in [0.3, 0.4) is 0 Å². The zero-order valence-electron chi connectivity index (χ0n) is 13.9. The number of para-hydroxylation sites is 1. The molecule has 1 aromatic carbocycles. The number of hydrogen-bond acceptors (Lipinski definition) is 5. The van der Waals surface area contributed by atoms with E-state index in [4.69, 9.17) is 4.74 Å². The van der Waals surface area contributed by atoms with Gasteiger partial charge in [-0.25, -0.2) is 9.80 Å². The molecule has 2 amide bonds. The van der Waals surface area contributed by atoms with E-state index in [0.717, 1.165) is 5.01 Å². The van der Waals surface area contributed by atoms with E-state index in [9.17, 15) is 14.4 Å². The third-order valence-electron chi connectivity index (χ3n) is 2.49. The zero-order chi connectivity index (χ0) is 17.6. The normalized spacial score (nSPS) is 11.6. The molecule has 0 aliphatic heterocycles. The van der Waals surface area contributed by atoms with Crippen molar-refractivity contribution < 1.29 is 19.1 Å². The molecule has 0 radical (unpaired) electrons. The number of anilines is 1. The Bertz CT molecular complexity index is 618. The molecule has 1 N–H and O–H groups in total. The molecule has 0 saturated heterocycles. The third-order valence-corrected chi connectivity index (χ3v) is 2.49. The first-order valence-corrected chi connectivity index (χ1v) is 7.03. The highest BCUT2D eigenvalue weighted by Crippen LogP contribution is 2.10. The van der Waals surface area contributed by atoms with Crippen LogP contribution in [0.1, 0.15) is 27.7 Å². The molecule has 7 nitrogen and oxygen atoms in total. The number of hydrazone groups is 1. The first-order valence-electron chi connectivity index (χ1n) is 7.03. The Kier molecular flexibility index (Phi) is 6.01. The number of ketones is 1. The first kappa shape index (κ1) is 18.3. The lowest BCUT2D eigenvalue weighted by Gasteiger charge is -2.22. The van der Waals surface area contributed by atoms with Crippen molar-refractivity contribution in [2.24, 2.45) is 5.10 Å². The lowest BCUT2D eigenvalue weighted by Crippen LogP contribution is -2.35. The molecule has 23 heavy (non-hydrogen) atoms. The minimum absolute atomic E-state index is 0.387. The van der Waals surface area contributed by atoms with E-state index in [0.29, 0.717) is 5.69 Å². The highest BCUT2D eigenvalue weighted by atomic mass is 16.6. The van der Waals surface area contributed by atoms with Gasteiger partial charge in [0.2, 0.25) is 0 Å². The lowest BCUT2D eigenvalue weighted by atomic mass is 10.2. The van der Waals surface area contributed by atoms with Crippen molar-refractivity contribution >= 4 is 29.2 Å². The van der Waals surface area contributed by atoms with Crippen molar-refractivity contribution in [1.82, 2.24) is 5.01 Å². The van der Waals surface area contributed by atoms with Gasteiger partial charge in [-0.1, -0.05) is 18.2 Å². The van der Waals surface area contributed by atoms with Crippen LogP contribution in [-0.4, -0.2) is 41.2 Å². The summed E-state index contributed by atoms with van der Waals surface area (Å²) in [6.07, 6.45) is -0.760. The van der Waals surface area contributed by atoms with Crippen LogP contribution in [0.15, 0.2) is 35.4 Å². The average Bonchev–Trinajstić information content (AvgIpc) is 2.43. The van der Waals surface area contributed by atoms with E-state index < -0.39 is 23.4 Å². The maximum absolute atomic E-state index is 12.2. The topological polar surface area (TPSA) is 88.1 Å². The molecule has 0 aliphatic carbocycles. The van der Waals surface area contributed by atoms with E-state index >= 15 is 0 Å². The van der Waals surface area contributed by atoms with Gasteiger partial charge < -0.3 is 10.1 Å². The van der Waals surface area contributed by atoms with Crippen LogP contribution in [0, 0.1) is 0 Å². The molecular formula is C16H21N3O4. The second-order valence-corrected chi connectivity index (χ2v) is 5.83. The first-order chi connectivity index (χ1) is 10.6. The molecule has 0 saturated carbocycles. The maximum atomic E-state index is 12.2. The van der Waals surface area contributed by atoms with Crippen LogP contribution in [0.25, 0.3) is 0 Å². The summed E-state index contributed by atoms with van der Waals surface area (Å²) in [5.74, 6) is -1.26. The van der Waals surface area contributed by atoms with Gasteiger partial charge in [0, 0.05) is 19.7 Å². The highest BCUT2D eigenvalue weighted by molar-refractivity contribution is 6.67. The fourth-order valence-corrected chi connectivity index (χ4v) is 1.51. The summed E-state index contributed by atoms with van der Waals surface area (Å²) in [5.41, 5.74) is -0.572. The minimum Gasteiger partial charge on any atom is -0.442 e. The number of carbonyl (C=O) groups is 3. The van der Waals surface area contributed by atoms with Crippen LogP contribution >= 0.6 is 0 Å². The standard InChI is InChI=1S/C16H21N3O4/c1-11(20)13(14(21)17-12-9-7-6-8-10-12)18-19(5)15(22)23-16(2,3)4/h6-10H,1-5H3,(H,17,21)/b18-13+. The summed E-state index contributed by atoms with van der Waals surface area (Å²) in [7, 11) is 1.31. The lowest BCUT2D eigenvalue weighted by molar-refractivity contribution is -0.114. The number of nitrogens with zero attached hydrogens (tertiary/aromatic N) is 2. The van der Waals surface area contributed by atoms with Crippen molar-refractivity contribution in [3.63, 3.8) is 0 Å². The molecule has 124 valence electrons.